The third kappa shape index (κ3) is 5.90. The lowest BCUT2D eigenvalue weighted by molar-refractivity contribution is -0.116. The topological polar surface area (TPSA) is 59.6 Å². The van der Waals surface area contributed by atoms with Crippen molar-refractivity contribution in [3.63, 3.8) is 0 Å². The van der Waals surface area contributed by atoms with Crippen molar-refractivity contribution in [2.24, 2.45) is 0 Å². The van der Waals surface area contributed by atoms with Crippen LogP contribution in [0.15, 0.2) is 71.6 Å². The highest BCUT2D eigenvalue weighted by molar-refractivity contribution is 8.05. The van der Waals surface area contributed by atoms with E-state index in [-0.39, 0.29) is 11.4 Å². The van der Waals surface area contributed by atoms with Gasteiger partial charge < -0.3 is 20.1 Å². The van der Waals surface area contributed by atoms with Crippen LogP contribution in [0.4, 0.5) is 5.69 Å². The van der Waals surface area contributed by atoms with Gasteiger partial charge >= 0.3 is 0 Å². The third-order valence-corrected chi connectivity index (χ3v) is 6.38. The SMILES string of the molecule is CCc1ccc(N[C@H]2NC(=O)/C(=C/c3ccc(OCc4cccc(C)c4)c(OC)c3)S2)cc1. The molecule has 0 aromatic heterocycles. The number of methoxy groups -OCH3 is 1. The van der Waals surface area contributed by atoms with E-state index in [4.69, 9.17) is 9.47 Å². The van der Waals surface area contributed by atoms with E-state index in [0.29, 0.717) is 23.0 Å². The fourth-order valence-corrected chi connectivity index (χ4v) is 4.55. The molecule has 0 bridgehead atoms. The molecule has 6 heteroatoms. The van der Waals surface area contributed by atoms with Crippen LogP contribution in [0.25, 0.3) is 6.08 Å². The van der Waals surface area contributed by atoms with E-state index >= 15 is 0 Å². The quantitative estimate of drug-likeness (QED) is 0.420. The minimum absolute atomic E-state index is 0.0959. The Morgan fingerprint density at radius 2 is 1.85 bits per heavy atom. The van der Waals surface area contributed by atoms with Gasteiger partial charge in [-0.05, 0) is 60.4 Å². The molecule has 1 aliphatic heterocycles. The molecule has 170 valence electrons. The summed E-state index contributed by atoms with van der Waals surface area (Å²) < 4.78 is 11.5. The van der Waals surface area contributed by atoms with E-state index in [9.17, 15) is 4.79 Å². The lowest BCUT2D eigenvalue weighted by Gasteiger charge is -2.13. The molecule has 1 heterocycles. The first-order chi connectivity index (χ1) is 16.0. The summed E-state index contributed by atoms with van der Waals surface area (Å²) in [5, 5.41) is 6.32. The first-order valence-electron chi connectivity index (χ1n) is 10.9. The van der Waals surface area contributed by atoms with E-state index < -0.39 is 0 Å². The van der Waals surface area contributed by atoms with E-state index in [1.54, 1.807) is 7.11 Å². The number of nitrogens with one attached hydrogen (secondary N) is 2. The Morgan fingerprint density at radius 1 is 1.03 bits per heavy atom. The maximum Gasteiger partial charge on any atom is 0.260 e. The van der Waals surface area contributed by atoms with Gasteiger partial charge in [-0.3, -0.25) is 4.79 Å². The zero-order valence-electron chi connectivity index (χ0n) is 19.1. The summed E-state index contributed by atoms with van der Waals surface area (Å²) in [6.07, 6.45) is 2.87. The van der Waals surface area contributed by atoms with Gasteiger partial charge in [0, 0.05) is 5.69 Å². The second-order valence-electron chi connectivity index (χ2n) is 7.86. The number of amides is 1. The van der Waals surface area contributed by atoms with Crippen LogP contribution >= 0.6 is 11.8 Å². The summed E-state index contributed by atoms with van der Waals surface area (Å²) in [6.45, 7) is 4.65. The highest BCUT2D eigenvalue weighted by Crippen LogP contribution is 2.33. The average molecular weight is 461 g/mol. The van der Waals surface area contributed by atoms with Crippen LogP contribution in [0.1, 0.15) is 29.2 Å². The number of ether oxygens (including phenoxy) is 2. The molecule has 0 radical (unpaired) electrons. The van der Waals surface area contributed by atoms with Crippen LogP contribution in [0.5, 0.6) is 11.5 Å². The Morgan fingerprint density at radius 3 is 2.58 bits per heavy atom. The second kappa shape index (κ2) is 10.5. The lowest BCUT2D eigenvalue weighted by Crippen LogP contribution is -2.30. The molecule has 1 fully saturated rings. The largest absolute Gasteiger partial charge is 0.493 e. The molecule has 1 aliphatic rings. The Balaban J connectivity index is 1.42. The van der Waals surface area contributed by atoms with Gasteiger partial charge in [-0.1, -0.05) is 66.7 Å². The molecule has 0 saturated carbocycles. The zero-order chi connectivity index (χ0) is 23.2. The van der Waals surface area contributed by atoms with Crippen molar-refractivity contribution in [2.75, 3.05) is 12.4 Å². The molecule has 5 nitrogen and oxygen atoms in total. The predicted octanol–water partition coefficient (Wildman–Crippen LogP) is 5.74. The van der Waals surface area contributed by atoms with Gasteiger partial charge in [-0.15, -0.1) is 0 Å². The van der Waals surface area contributed by atoms with Crippen LogP contribution in [-0.2, 0) is 17.8 Å². The number of benzene rings is 3. The van der Waals surface area contributed by atoms with Crippen molar-refractivity contribution in [2.45, 2.75) is 32.4 Å². The molecule has 3 aromatic rings. The number of aryl methyl sites for hydroxylation is 2. The van der Waals surface area contributed by atoms with E-state index in [0.717, 1.165) is 23.2 Å². The standard InChI is InChI=1S/C27H28N2O3S/c1-4-19-8-11-22(12-9-19)28-27-29-26(30)25(33-27)16-20-10-13-23(24(15-20)31-3)32-17-21-7-5-6-18(2)14-21/h5-16,27-28H,4,17H2,1-3H3,(H,29,30)/b25-16-/t27-/m0/s1. The van der Waals surface area contributed by atoms with Gasteiger partial charge in [0.2, 0.25) is 0 Å². The van der Waals surface area contributed by atoms with Crippen LogP contribution in [-0.4, -0.2) is 18.5 Å². The molecule has 1 amide bonds. The van der Waals surface area contributed by atoms with Gasteiger partial charge in [0.25, 0.3) is 5.91 Å². The van der Waals surface area contributed by atoms with Crippen LogP contribution in [0, 0.1) is 6.92 Å². The van der Waals surface area contributed by atoms with Crippen molar-refractivity contribution in [1.29, 1.82) is 0 Å². The van der Waals surface area contributed by atoms with Crippen molar-refractivity contribution >= 4 is 29.4 Å². The summed E-state index contributed by atoms with van der Waals surface area (Å²) in [4.78, 5) is 13.1. The molecular weight excluding hydrogens is 432 g/mol. The fraction of sp³-hybridized carbons (Fsp3) is 0.222. The Hall–Kier alpha value is -3.38. The van der Waals surface area contributed by atoms with Crippen molar-refractivity contribution in [3.8, 4) is 11.5 Å². The number of hydrogen-bond acceptors (Lipinski definition) is 5. The fourth-order valence-electron chi connectivity index (χ4n) is 3.56. The average Bonchev–Trinajstić information content (AvgIpc) is 3.16. The van der Waals surface area contributed by atoms with Crippen LogP contribution < -0.4 is 20.1 Å². The van der Waals surface area contributed by atoms with Gasteiger partial charge in [0.1, 0.15) is 6.61 Å². The summed E-state index contributed by atoms with van der Waals surface area (Å²) in [5.74, 6) is 1.20. The van der Waals surface area contributed by atoms with Gasteiger partial charge in [-0.2, -0.15) is 0 Å². The Bertz CT molecular complexity index is 1160. The van der Waals surface area contributed by atoms with Crippen molar-refractivity contribution in [1.82, 2.24) is 5.32 Å². The molecule has 1 saturated heterocycles. The predicted molar refractivity (Wildman–Crippen MR) is 135 cm³/mol. The van der Waals surface area contributed by atoms with Gasteiger partial charge in [0.15, 0.2) is 17.0 Å². The molecule has 3 aromatic carbocycles. The highest BCUT2D eigenvalue weighted by Gasteiger charge is 2.27. The molecule has 0 aliphatic carbocycles. The number of anilines is 1. The third-order valence-electron chi connectivity index (χ3n) is 5.35. The van der Waals surface area contributed by atoms with Crippen molar-refractivity contribution in [3.05, 3.63) is 93.9 Å². The monoisotopic (exact) mass is 460 g/mol. The van der Waals surface area contributed by atoms with Crippen LogP contribution in [0.3, 0.4) is 0 Å². The van der Waals surface area contributed by atoms with Crippen LogP contribution in [0.2, 0.25) is 0 Å². The maximum absolute atomic E-state index is 12.5. The molecule has 1 atom stereocenters. The molecule has 4 rings (SSSR count). The number of carbonyl (C=O) groups excluding carboxylic acids is 1. The van der Waals surface area contributed by atoms with Gasteiger partial charge in [0.05, 0.1) is 12.0 Å². The molecule has 2 N–H and O–H groups in total. The highest BCUT2D eigenvalue weighted by atomic mass is 32.2. The van der Waals surface area contributed by atoms with E-state index in [1.165, 1.54) is 22.9 Å². The summed E-state index contributed by atoms with van der Waals surface area (Å²) in [6, 6.07) is 22.2. The lowest BCUT2D eigenvalue weighted by atomic mass is 10.1. The molecule has 0 unspecified atom stereocenters. The maximum atomic E-state index is 12.5. The summed E-state index contributed by atoms with van der Waals surface area (Å²) in [7, 11) is 1.62. The number of hydrogen-bond donors (Lipinski definition) is 2. The van der Waals surface area contributed by atoms with E-state index in [2.05, 4.69) is 48.7 Å². The minimum atomic E-state index is -0.213. The first kappa shape index (κ1) is 22.8. The van der Waals surface area contributed by atoms with E-state index in [1.807, 2.05) is 48.5 Å². The number of thioether (sulfide) groups is 1. The minimum Gasteiger partial charge on any atom is -0.493 e. The normalized spacial score (nSPS) is 16.5. The smallest absolute Gasteiger partial charge is 0.260 e. The molecule has 0 spiro atoms. The van der Waals surface area contributed by atoms with Gasteiger partial charge in [-0.25, -0.2) is 0 Å². The molecule has 33 heavy (non-hydrogen) atoms. The second-order valence-corrected chi connectivity index (χ2v) is 9.01. The number of carbonyl (C=O) groups is 1. The zero-order valence-corrected chi connectivity index (χ0v) is 19.9. The molecular formula is C27H28N2O3S. The van der Waals surface area contributed by atoms with Crippen molar-refractivity contribution < 1.29 is 14.3 Å². The Labute approximate surface area is 199 Å². The Kier molecular flexibility index (Phi) is 7.25. The summed E-state index contributed by atoms with van der Waals surface area (Å²) >= 11 is 1.46. The first-order valence-corrected chi connectivity index (χ1v) is 11.8. The number of rotatable bonds is 8. The summed E-state index contributed by atoms with van der Waals surface area (Å²) in [5.41, 5.74) is 5.22.